The summed E-state index contributed by atoms with van der Waals surface area (Å²) < 4.78 is 84.7. The third kappa shape index (κ3) is 3.64. The van der Waals surface area contributed by atoms with E-state index in [2.05, 4.69) is 10.2 Å². The summed E-state index contributed by atoms with van der Waals surface area (Å²) >= 11 is 0. The molecule has 2 heterocycles. The van der Waals surface area contributed by atoms with Gasteiger partial charge in [-0.1, -0.05) is 12.5 Å². The lowest BCUT2D eigenvalue weighted by atomic mass is 10.1. The van der Waals surface area contributed by atoms with Gasteiger partial charge in [-0.15, -0.1) is 10.2 Å². The number of fused-ring (bicyclic) bond motifs is 1. The Balaban J connectivity index is 1.76. The van der Waals surface area contributed by atoms with Gasteiger partial charge in [-0.05, 0) is 31.0 Å². The zero-order chi connectivity index (χ0) is 21.5. The van der Waals surface area contributed by atoms with Gasteiger partial charge >= 0.3 is 0 Å². The first-order valence-electron chi connectivity index (χ1n) is 9.16. The van der Waals surface area contributed by atoms with Gasteiger partial charge in [-0.2, -0.15) is 0 Å². The quantitative estimate of drug-likeness (QED) is 0.622. The van der Waals surface area contributed by atoms with Gasteiger partial charge in [0.25, 0.3) is 10.0 Å². The molecule has 1 aromatic heterocycles. The van der Waals surface area contributed by atoms with Crippen LogP contribution < -0.4 is 4.72 Å². The van der Waals surface area contributed by atoms with Crippen molar-refractivity contribution < 1.29 is 26.0 Å². The molecule has 1 aliphatic heterocycles. The van der Waals surface area contributed by atoms with E-state index >= 15 is 0 Å². The summed E-state index contributed by atoms with van der Waals surface area (Å²) in [5.41, 5.74) is -0.782. The molecule has 1 N–H and O–H groups in total. The van der Waals surface area contributed by atoms with Gasteiger partial charge in [0.05, 0.1) is 11.3 Å². The SMILES string of the molecule is O=S(=O)(Nc1cc(-c2nnc3n2CCCCC3)c(F)cc1F)c1cccc(F)c1F. The second kappa shape index (κ2) is 7.71. The summed E-state index contributed by atoms with van der Waals surface area (Å²) in [6.45, 7) is 0.546. The average molecular weight is 440 g/mol. The van der Waals surface area contributed by atoms with Crippen LogP contribution in [0.5, 0.6) is 0 Å². The van der Waals surface area contributed by atoms with Crippen molar-refractivity contribution in [1.82, 2.24) is 14.8 Å². The van der Waals surface area contributed by atoms with Crippen molar-refractivity contribution in [2.24, 2.45) is 0 Å². The average Bonchev–Trinajstić information content (AvgIpc) is 2.93. The second-order valence-corrected chi connectivity index (χ2v) is 8.52. The minimum absolute atomic E-state index is 0.141. The smallest absolute Gasteiger partial charge is 0.265 e. The van der Waals surface area contributed by atoms with Crippen LogP contribution in [0, 0.1) is 23.3 Å². The number of rotatable bonds is 4. The first-order valence-corrected chi connectivity index (χ1v) is 10.6. The van der Waals surface area contributed by atoms with Crippen molar-refractivity contribution in [2.75, 3.05) is 4.72 Å². The van der Waals surface area contributed by atoms with E-state index in [0.717, 1.165) is 43.5 Å². The minimum Gasteiger partial charge on any atom is -0.311 e. The number of aryl methyl sites for hydroxylation is 1. The summed E-state index contributed by atoms with van der Waals surface area (Å²) in [5.74, 6) is -4.34. The Labute approximate surface area is 169 Å². The fourth-order valence-corrected chi connectivity index (χ4v) is 4.52. The number of aromatic nitrogens is 3. The maximum absolute atomic E-state index is 14.5. The van der Waals surface area contributed by atoms with Crippen molar-refractivity contribution in [2.45, 2.75) is 37.1 Å². The summed E-state index contributed by atoms with van der Waals surface area (Å²) in [7, 11) is -4.68. The first-order chi connectivity index (χ1) is 14.3. The van der Waals surface area contributed by atoms with Crippen molar-refractivity contribution in [3.63, 3.8) is 0 Å². The molecule has 0 aliphatic carbocycles. The maximum atomic E-state index is 14.5. The molecule has 30 heavy (non-hydrogen) atoms. The molecule has 11 heteroatoms. The molecule has 0 bridgehead atoms. The van der Waals surface area contributed by atoms with E-state index in [1.165, 1.54) is 0 Å². The monoisotopic (exact) mass is 440 g/mol. The van der Waals surface area contributed by atoms with E-state index in [-0.39, 0.29) is 11.4 Å². The lowest BCUT2D eigenvalue weighted by Gasteiger charge is -2.13. The van der Waals surface area contributed by atoms with E-state index in [4.69, 9.17) is 0 Å². The molecule has 0 amide bonds. The number of hydrogen-bond acceptors (Lipinski definition) is 4. The first kappa shape index (κ1) is 20.3. The zero-order valence-corrected chi connectivity index (χ0v) is 16.3. The van der Waals surface area contributed by atoms with Crippen LogP contribution in [-0.4, -0.2) is 23.2 Å². The van der Waals surface area contributed by atoms with Gasteiger partial charge in [0, 0.05) is 19.0 Å². The van der Waals surface area contributed by atoms with Gasteiger partial charge < -0.3 is 4.57 Å². The molecular weight excluding hydrogens is 424 g/mol. The Hall–Kier alpha value is -2.95. The lowest BCUT2D eigenvalue weighted by molar-refractivity contribution is 0.485. The van der Waals surface area contributed by atoms with Gasteiger partial charge in [0.15, 0.2) is 17.5 Å². The van der Waals surface area contributed by atoms with Gasteiger partial charge in [-0.25, -0.2) is 26.0 Å². The molecule has 0 saturated carbocycles. The zero-order valence-electron chi connectivity index (χ0n) is 15.5. The normalized spacial score (nSPS) is 14.3. The number of sulfonamides is 1. The third-order valence-electron chi connectivity index (χ3n) is 4.86. The standard InChI is InChI=1S/C19H16F4N4O2S/c20-12-5-4-6-16(18(12)23)30(28,29)26-15-9-11(13(21)10-14(15)22)19-25-24-17-7-2-1-3-8-27(17)19/h4-6,9-10,26H,1-3,7-8H2. The van der Waals surface area contributed by atoms with Crippen LogP contribution in [0.4, 0.5) is 23.2 Å². The molecule has 0 saturated heterocycles. The highest BCUT2D eigenvalue weighted by Crippen LogP contribution is 2.31. The van der Waals surface area contributed by atoms with Crippen LogP contribution >= 0.6 is 0 Å². The van der Waals surface area contributed by atoms with E-state index < -0.39 is 43.9 Å². The Kier molecular flexibility index (Phi) is 5.22. The fraction of sp³-hybridized carbons (Fsp3) is 0.263. The number of halogens is 4. The number of nitrogens with one attached hydrogen (secondary N) is 1. The predicted octanol–water partition coefficient (Wildman–Crippen LogP) is 4.03. The highest BCUT2D eigenvalue weighted by atomic mass is 32.2. The van der Waals surface area contributed by atoms with Crippen LogP contribution in [0.2, 0.25) is 0 Å². The largest absolute Gasteiger partial charge is 0.311 e. The van der Waals surface area contributed by atoms with E-state index in [1.807, 2.05) is 4.72 Å². The second-order valence-electron chi connectivity index (χ2n) is 6.87. The summed E-state index contributed by atoms with van der Waals surface area (Å²) in [4.78, 5) is -0.996. The Morgan fingerprint density at radius 3 is 2.53 bits per heavy atom. The molecule has 3 aromatic rings. The molecule has 0 radical (unpaired) electrons. The number of hydrogen-bond donors (Lipinski definition) is 1. The van der Waals surface area contributed by atoms with Gasteiger partial charge in [0.2, 0.25) is 0 Å². The molecule has 2 aromatic carbocycles. The van der Waals surface area contributed by atoms with Gasteiger partial charge in [0.1, 0.15) is 22.4 Å². The van der Waals surface area contributed by atoms with Crippen molar-refractivity contribution >= 4 is 15.7 Å². The van der Waals surface area contributed by atoms with Crippen molar-refractivity contribution in [3.05, 3.63) is 59.4 Å². The van der Waals surface area contributed by atoms with Crippen LogP contribution in [-0.2, 0) is 23.0 Å². The molecule has 0 fully saturated rings. The Bertz CT molecular complexity index is 1230. The molecule has 4 rings (SSSR count). The van der Waals surface area contributed by atoms with Crippen LogP contribution in [0.1, 0.15) is 25.1 Å². The van der Waals surface area contributed by atoms with Crippen molar-refractivity contribution in [1.29, 1.82) is 0 Å². The third-order valence-corrected chi connectivity index (χ3v) is 6.24. The van der Waals surface area contributed by atoms with E-state index in [0.29, 0.717) is 24.9 Å². The molecule has 1 aliphatic rings. The fourth-order valence-electron chi connectivity index (χ4n) is 3.37. The Morgan fingerprint density at radius 2 is 1.73 bits per heavy atom. The van der Waals surface area contributed by atoms with E-state index in [1.54, 1.807) is 4.57 Å². The molecule has 158 valence electrons. The highest BCUT2D eigenvalue weighted by Gasteiger charge is 2.25. The number of anilines is 1. The topological polar surface area (TPSA) is 76.9 Å². The summed E-state index contributed by atoms with van der Waals surface area (Å²) in [6, 6.07) is 4.03. The van der Waals surface area contributed by atoms with Crippen LogP contribution in [0.25, 0.3) is 11.4 Å². The van der Waals surface area contributed by atoms with Crippen LogP contribution in [0.15, 0.2) is 35.2 Å². The molecule has 0 spiro atoms. The molecular formula is C19H16F4N4O2S. The minimum atomic E-state index is -4.68. The summed E-state index contributed by atoms with van der Waals surface area (Å²) in [5, 5.41) is 8.04. The molecule has 0 unspecified atom stereocenters. The van der Waals surface area contributed by atoms with Crippen molar-refractivity contribution in [3.8, 4) is 11.4 Å². The maximum Gasteiger partial charge on any atom is 0.265 e. The van der Waals surface area contributed by atoms with Gasteiger partial charge in [-0.3, -0.25) is 4.72 Å². The Morgan fingerprint density at radius 1 is 0.933 bits per heavy atom. The number of benzene rings is 2. The lowest BCUT2D eigenvalue weighted by Crippen LogP contribution is -2.16. The van der Waals surface area contributed by atoms with E-state index in [9.17, 15) is 26.0 Å². The van der Waals surface area contributed by atoms with Crippen LogP contribution in [0.3, 0.4) is 0 Å². The highest BCUT2D eigenvalue weighted by molar-refractivity contribution is 7.92. The predicted molar refractivity (Wildman–Crippen MR) is 100 cm³/mol. The molecule has 6 nitrogen and oxygen atoms in total. The molecule has 0 atom stereocenters. The number of nitrogens with zero attached hydrogens (tertiary/aromatic N) is 3. The summed E-state index contributed by atoms with van der Waals surface area (Å²) in [6.07, 6.45) is 3.38.